The van der Waals surface area contributed by atoms with E-state index < -0.39 is 53.1 Å². The van der Waals surface area contributed by atoms with Gasteiger partial charge in [0.15, 0.2) is 23.8 Å². The number of ketones is 3. The molecule has 0 aromatic heterocycles. The van der Waals surface area contributed by atoms with Gasteiger partial charge in [0, 0.05) is 42.2 Å². The third kappa shape index (κ3) is 19.4. The highest BCUT2D eigenvalue weighted by Gasteiger charge is 2.42. The van der Waals surface area contributed by atoms with Gasteiger partial charge in [0.05, 0.1) is 44.7 Å². The Balaban J connectivity index is 1.85. The van der Waals surface area contributed by atoms with Crippen molar-refractivity contribution in [2.75, 3.05) is 43.9 Å². The van der Waals surface area contributed by atoms with Gasteiger partial charge < -0.3 is 24.8 Å². The monoisotopic (exact) mass is 983 g/mol. The minimum Gasteiger partial charge on any atom is -0.452 e. The summed E-state index contributed by atoms with van der Waals surface area (Å²) in [5.41, 5.74) is 0.184. The Labute approximate surface area is 387 Å². The van der Waals surface area contributed by atoms with Crippen LogP contribution in [0, 0.1) is 36.0 Å². The number of nitrogens with zero attached hydrogens (tertiary/aromatic N) is 1. The van der Waals surface area contributed by atoms with Crippen LogP contribution >= 0.6 is 22.6 Å². The lowest BCUT2D eigenvalue weighted by Crippen LogP contribution is -2.55. The number of nitrogens with one attached hydrogen (secondary N) is 2. The predicted molar refractivity (Wildman–Crippen MR) is 249 cm³/mol. The van der Waals surface area contributed by atoms with E-state index in [4.69, 9.17) is 20.6 Å². The van der Waals surface area contributed by atoms with Gasteiger partial charge in [-0.2, -0.15) is 0 Å². The number of hydrogen-bond donors (Lipinski definition) is 2. The van der Waals surface area contributed by atoms with Crippen molar-refractivity contribution in [1.29, 1.82) is 0 Å². The number of ether oxygens (including phenoxy) is 3. The first-order valence-corrected chi connectivity index (χ1v) is 23.5. The molecular formula is C49H66IN3O10. The number of hydrogen-bond acceptors (Lipinski definition) is 11. The van der Waals surface area contributed by atoms with E-state index in [-0.39, 0.29) is 85.4 Å². The highest BCUT2D eigenvalue weighted by atomic mass is 127. The van der Waals surface area contributed by atoms with Crippen LogP contribution < -0.4 is 10.6 Å². The van der Waals surface area contributed by atoms with Crippen LogP contribution in [0.4, 0.5) is 0 Å². The van der Waals surface area contributed by atoms with Gasteiger partial charge in [-0.3, -0.25) is 38.5 Å². The molecule has 1 aliphatic rings. The number of carbonyl (C=O) groups excluding carboxylic acids is 7. The average Bonchev–Trinajstić information content (AvgIpc) is 3.25. The molecule has 2 aromatic rings. The van der Waals surface area contributed by atoms with Crippen molar-refractivity contribution >= 4 is 63.7 Å². The summed E-state index contributed by atoms with van der Waals surface area (Å²) in [5.74, 6) is -2.80. The van der Waals surface area contributed by atoms with Crippen LogP contribution in [0.1, 0.15) is 90.7 Å². The van der Waals surface area contributed by atoms with Gasteiger partial charge in [0.25, 0.3) is 0 Å². The second-order valence-corrected chi connectivity index (χ2v) is 18.1. The molecule has 5 atom stereocenters. The smallest absolute Gasteiger partial charge is 0.307 e. The van der Waals surface area contributed by atoms with E-state index in [9.17, 15) is 33.6 Å². The highest BCUT2D eigenvalue weighted by Crippen LogP contribution is 2.24. The first kappa shape index (κ1) is 52.9. The number of aryl methyl sites for hydroxylation is 1. The number of benzene rings is 2. The molecule has 2 aromatic carbocycles. The SMILES string of the molecule is C#CCOC(=O)CCC(=O)O[C@](C)(CI)C(=O)[C@H](CC(C)C)NC(=O)[C@@H](CC(=O)[C@H](CC(C)C)NC(=O)[C@H](CCc1ccccc1)CC(=O)CN1CCOCC1)Cc1ccccc1. The molecule has 0 saturated carbocycles. The third-order valence-corrected chi connectivity index (χ3v) is 12.3. The molecule has 2 amide bonds. The second kappa shape index (κ2) is 27.7. The van der Waals surface area contributed by atoms with Crippen LogP contribution in [0.15, 0.2) is 60.7 Å². The second-order valence-electron chi connectivity index (χ2n) is 17.4. The Bertz CT molecular complexity index is 1840. The van der Waals surface area contributed by atoms with Crippen LogP contribution in [0.3, 0.4) is 0 Å². The number of rotatable bonds is 28. The summed E-state index contributed by atoms with van der Waals surface area (Å²) in [5, 5.41) is 5.93. The molecular weight excluding hydrogens is 917 g/mol. The molecule has 1 heterocycles. The third-order valence-electron chi connectivity index (χ3n) is 10.8. The van der Waals surface area contributed by atoms with Gasteiger partial charge in [0.1, 0.15) is 5.78 Å². The normalized spacial score (nSPS) is 15.8. The van der Waals surface area contributed by atoms with E-state index >= 15 is 0 Å². The molecule has 0 aliphatic carbocycles. The van der Waals surface area contributed by atoms with E-state index in [1.54, 1.807) is 0 Å². The lowest BCUT2D eigenvalue weighted by molar-refractivity contribution is -0.165. The van der Waals surface area contributed by atoms with Crippen LogP contribution in [0.5, 0.6) is 0 Å². The molecule has 14 heteroatoms. The van der Waals surface area contributed by atoms with Gasteiger partial charge in [-0.1, -0.05) is 117 Å². The molecule has 2 N–H and O–H groups in total. The van der Waals surface area contributed by atoms with E-state index in [1.807, 2.05) is 116 Å². The minimum atomic E-state index is -1.65. The molecule has 344 valence electrons. The summed E-state index contributed by atoms with van der Waals surface area (Å²) >= 11 is 1.95. The molecule has 1 fully saturated rings. The maximum atomic E-state index is 14.4. The molecule has 0 spiro atoms. The standard InChI is InChI=1S/C49H66IN3O10/c1-7-24-62-44(56)20-21-45(57)63-49(6,33-50)46(58)42(28-35(4)5)52-48(60)39(29-37-16-12-9-13-17-37)31-43(55)41(27-34(2)3)51-47(59)38(19-18-36-14-10-8-11-15-36)30-40(54)32-53-22-25-61-26-23-53/h1,8-17,34-35,38-39,41-42H,18-33H2,2-6H3,(H,51,59)(H,52,60)/t38-,39-,41+,42+,49-/m1/s1. The Kier molecular flexibility index (Phi) is 23.2. The Morgan fingerprint density at radius 3 is 1.94 bits per heavy atom. The number of alkyl halides is 1. The highest BCUT2D eigenvalue weighted by molar-refractivity contribution is 14.1. The number of esters is 2. The summed E-state index contributed by atoms with van der Waals surface area (Å²) < 4.78 is 16.0. The molecule has 3 rings (SSSR count). The van der Waals surface area contributed by atoms with Crippen LogP contribution in [0.25, 0.3) is 0 Å². The van der Waals surface area contributed by atoms with E-state index in [2.05, 4.69) is 16.6 Å². The van der Waals surface area contributed by atoms with Crippen molar-refractivity contribution in [3.63, 3.8) is 0 Å². The number of morpholine rings is 1. The molecule has 13 nitrogen and oxygen atoms in total. The molecule has 63 heavy (non-hydrogen) atoms. The fourth-order valence-corrected chi connectivity index (χ4v) is 7.97. The minimum absolute atomic E-state index is 0.00155. The van der Waals surface area contributed by atoms with Gasteiger partial charge in [-0.25, -0.2) is 0 Å². The van der Waals surface area contributed by atoms with Crippen LogP contribution in [-0.2, 0) is 60.6 Å². The molecule has 0 unspecified atom stereocenters. The van der Waals surface area contributed by atoms with E-state index in [0.29, 0.717) is 45.6 Å². The summed E-state index contributed by atoms with van der Waals surface area (Å²) in [4.78, 5) is 97.6. The number of amides is 2. The van der Waals surface area contributed by atoms with Gasteiger partial charge in [-0.15, -0.1) is 6.42 Å². The van der Waals surface area contributed by atoms with E-state index in [0.717, 1.165) is 11.1 Å². The zero-order valence-corrected chi connectivity index (χ0v) is 39.7. The summed E-state index contributed by atoms with van der Waals surface area (Å²) in [7, 11) is 0. The van der Waals surface area contributed by atoms with Gasteiger partial charge in [-0.05, 0) is 62.0 Å². The van der Waals surface area contributed by atoms with Crippen molar-refractivity contribution in [1.82, 2.24) is 15.5 Å². The fraction of sp³-hybridized carbons (Fsp3) is 0.571. The Morgan fingerprint density at radius 2 is 1.35 bits per heavy atom. The first-order valence-electron chi connectivity index (χ1n) is 22.0. The van der Waals surface area contributed by atoms with Crippen molar-refractivity contribution in [3.8, 4) is 12.3 Å². The summed E-state index contributed by atoms with van der Waals surface area (Å²) in [6.45, 7) is 11.5. The number of Topliss-reactive ketones (excluding diaryl/α,β-unsaturated/α-hetero) is 3. The van der Waals surface area contributed by atoms with E-state index in [1.165, 1.54) is 6.92 Å². The summed E-state index contributed by atoms with van der Waals surface area (Å²) in [6, 6.07) is 17.0. The number of carbonyl (C=O) groups is 7. The van der Waals surface area contributed by atoms with Gasteiger partial charge in [0.2, 0.25) is 11.8 Å². The van der Waals surface area contributed by atoms with Crippen molar-refractivity contribution in [3.05, 3.63) is 71.8 Å². The van der Waals surface area contributed by atoms with Gasteiger partial charge >= 0.3 is 11.9 Å². The zero-order chi connectivity index (χ0) is 46.4. The number of halogens is 1. The maximum absolute atomic E-state index is 14.4. The van der Waals surface area contributed by atoms with Crippen molar-refractivity contribution < 1.29 is 47.8 Å². The Hall–Kier alpha value is -4.46. The van der Waals surface area contributed by atoms with Crippen LogP contribution in [0.2, 0.25) is 0 Å². The Morgan fingerprint density at radius 1 is 0.794 bits per heavy atom. The molecule has 0 bridgehead atoms. The lowest BCUT2D eigenvalue weighted by Gasteiger charge is -2.32. The fourth-order valence-electron chi connectivity index (χ4n) is 7.44. The first-order chi connectivity index (χ1) is 30.0. The quantitative estimate of drug-likeness (QED) is 0.0466. The lowest BCUT2D eigenvalue weighted by atomic mass is 9.87. The van der Waals surface area contributed by atoms with Crippen LogP contribution in [-0.4, -0.2) is 108 Å². The topological polar surface area (TPSA) is 174 Å². The predicted octanol–water partition coefficient (Wildman–Crippen LogP) is 5.67. The maximum Gasteiger partial charge on any atom is 0.307 e. The van der Waals surface area contributed by atoms with Crippen molar-refractivity contribution in [2.24, 2.45) is 23.7 Å². The zero-order valence-electron chi connectivity index (χ0n) is 37.5. The van der Waals surface area contributed by atoms with Crippen molar-refractivity contribution in [2.45, 2.75) is 110 Å². The largest absolute Gasteiger partial charge is 0.452 e. The average molecular weight is 984 g/mol. The number of terminal acetylenes is 1. The molecule has 1 aliphatic heterocycles. The summed E-state index contributed by atoms with van der Waals surface area (Å²) in [6.07, 6.45) is 5.98. The molecule has 0 radical (unpaired) electrons. The molecule has 1 saturated heterocycles.